The lowest BCUT2D eigenvalue weighted by molar-refractivity contribution is 0.0955. The zero-order valence-corrected chi connectivity index (χ0v) is 11.7. The monoisotopic (exact) mass is 285 g/mol. The quantitative estimate of drug-likeness (QED) is 0.672. The summed E-state index contributed by atoms with van der Waals surface area (Å²) in [6.45, 7) is 0. The molecule has 0 aliphatic rings. The van der Waals surface area contributed by atoms with Crippen molar-refractivity contribution in [2.75, 3.05) is 14.2 Å². The summed E-state index contributed by atoms with van der Waals surface area (Å²) in [4.78, 5) is 15.6. The second kappa shape index (κ2) is 7.04. The Labute approximate surface area is 122 Å². The van der Waals surface area contributed by atoms with Gasteiger partial charge in [-0.25, -0.2) is 5.43 Å². The van der Waals surface area contributed by atoms with Gasteiger partial charge in [-0.05, 0) is 35.9 Å². The molecule has 0 bridgehead atoms. The lowest BCUT2D eigenvalue weighted by Crippen LogP contribution is -2.17. The molecule has 0 saturated heterocycles. The summed E-state index contributed by atoms with van der Waals surface area (Å²) in [5.74, 6) is 0.937. The molecule has 0 atom stereocenters. The molecule has 1 aromatic heterocycles. The summed E-state index contributed by atoms with van der Waals surface area (Å²) in [6.07, 6.45) is 4.63. The zero-order valence-electron chi connectivity index (χ0n) is 11.7. The van der Waals surface area contributed by atoms with Crippen LogP contribution in [-0.2, 0) is 0 Å². The van der Waals surface area contributed by atoms with Crippen LogP contribution < -0.4 is 14.9 Å². The molecule has 108 valence electrons. The molecule has 6 nitrogen and oxygen atoms in total. The van der Waals surface area contributed by atoms with Crippen molar-refractivity contribution in [3.8, 4) is 11.5 Å². The predicted octanol–water partition coefficient (Wildman–Crippen LogP) is 1.86. The predicted molar refractivity (Wildman–Crippen MR) is 78.8 cm³/mol. The molecule has 1 amide bonds. The number of carbonyl (C=O) groups excluding carboxylic acids is 1. The first-order chi connectivity index (χ1) is 10.2. The van der Waals surface area contributed by atoms with E-state index in [2.05, 4.69) is 15.5 Å². The van der Waals surface area contributed by atoms with E-state index in [0.29, 0.717) is 17.1 Å². The number of methoxy groups -OCH3 is 2. The molecular formula is C15H15N3O3. The SMILES string of the molecule is COc1ccc(/C=N/NC(=O)c2ccncc2)cc1OC. The first-order valence-corrected chi connectivity index (χ1v) is 6.20. The Bertz CT molecular complexity index is 642. The lowest BCUT2D eigenvalue weighted by atomic mass is 10.2. The standard InChI is InChI=1S/C15H15N3O3/c1-20-13-4-3-11(9-14(13)21-2)10-17-18-15(19)12-5-7-16-8-6-12/h3-10H,1-2H3,(H,18,19)/b17-10+. The summed E-state index contributed by atoms with van der Waals surface area (Å²) in [6, 6.07) is 8.57. The van der Waals surface area contributed by atoms with Gasteiger partial charge >= 0.3 is 0 Å². The smallest absolute Gasteiger partial charge is 0.271 e. The number of ether oxygens (including phenoxy) is 2. The van der Waals surface area contributed by atoms with Crippen LogP contribution in [0, 0.1) is 0 Å². The number of rotatable bonds is 5. The zero-order chi connectivity index (χ0) is 15.1. The Morgan fingerprint density at radius 2 is 1.86 bits per heavy atom. The van der Waals surface area contributed by atoms with E-state index in [1.807, 2.05) is 6.07 Å². The van der Waals surface area contributed by atoms with Crippen LogP contribution in [0.2, 0.25) is 0 Å². The van der Waals surface area contributed by atoms with E-state index in [1.165, 1.54) is 6.21 Å². The maximum atomic E-state index is 11.8. The number of hydrogen-bond acceptors (Lipinski definition) is 5. The van der Waals surface area contributed by atoms with E-state index in [9.17, 15) is 4.79 Å². The van der Waals surface area contributed by atoms with Crippen LogP contribution in [0.4, 0.5) is 0 Å². The van der Waals surface area contributed by atoms with E-state index in [-0.39, 0.29) is 5.91 Å². The van der Waals surface area contributed by atoms with Crippen LogP contribution in [0.3, 0.4) is 0 Å². The van der Waals surface area contributed by atoms with Gasteiger partial charge in [0.05, 0.1) is 20.4 Å². The summed E-state index contributed by atoms with van der Waals surface area (Å²) < 4.78 is 10.3. The number of amides is 1. The Morgan fingerprint density at radius 3 is 2.52 bits per heavy atom. The molecule has 0 radical (unpaired) electrons. The Morgan fingerprint density at radius 1 is 1.14 bits per heavy atom. The van der Waals surface area contributed by atoms with Gasteiger partial charge in [0.25, 0.3) is 5.91 Å². The molecular weight excluding hydrogens is 270 g/mol. The molecule has 0 saturated carbocycles. The van der Waals surface area contributed by atoms with Crippen molar-refractivity contribution in [2.24, 2.45) is 5.10 Å². The van der Waals surface area contributed by atoms with E-state index in [4.69, 9.17) is 9.47 Å². The van der Waals surface area contributed by atoms with Crippen LogP contribution in [0.1, 0.15) is 15.9 Å². The van der Waals surface area contributed by atoms with Gasteiger partial charge in [-0.3, -0.25) is 9.78 Å². The van der Waals surface area contributed by atoms with Gasteiger partial charge < -0.3 is 9.47 Å². The normalized spacial score (nSPS) is 10.4. The van der Waals surface area contributed by atoms with Crippen molar-refractivity contribution in [3.63, 3.8) is 0 Å². The van der Waals surface area contributed by atoms with E-state index in [0.717, 1.165) is 5.56 Å². The van der Waals surface area contributed by atoms with Crippen molar-refractivity contribution in [3.05, 3.63) is 53.9 Å². The molecule has 0 aliphatic heterocycles. The molecule has 2 aromatic rings. The minimum Gasteiger partial charge on any atom is -0.493 e. The van der Waals surface area contributed by atoms with Crippen molar-refractivity contribution in [2.45, 2.75) is 0 Å². The third-order valence-corrected chi connectivity index (χ3v) is 2.73. The number of carbonyl (C=O) groups is 1. The van der Waals surface area contributed by atoms with Crippen molar-refractivity contribution >= 4 is 12.1 Å². The number of nitrogens with zero attached hydrogens (tertiary/aromatic N) is 2. The molecule has 1 heterocycles. The Hall–Kier alpha value is -2.89. The van der Waals surface area contributed by atoms with Gasteiger partial charge in [-0.2, -0.15) is 5.10 Å². The van der Waals surface area contributed by atoms with Crippen molar-refractivity contribution in [1.82, 2.24) is 10.4 Å². The highest BCUT2D eigenvalue weighted by Crippen LogP contribution is 2.26. The minimum atomic E-state index is -0.297. The maximum Gasteiger partial charge on any atom is 0.271 e. The molecule has 2 rings (SSSR count). The largest absolute Gasteiger partial charge is 0.493 e. The lowest BCUT2D eigenvalue weighted by Gasteiger charge is -2.07. The Kier molecular flexibility index (Phi) is 4.87. The first-order valence-electron chi connectivity index (χ1n) is 6.20. The molecule has 21 heavy (non-hydrogen) atoms. The topological polar surface area (TPSA) is 72.8 Å². The number of aromatic nitrogens is 1. The fourth-order valence-corrected chi connectivity index (χ4v) is 1.67. The van der Waals surface area contributed by atoms with Gasteiger partial charge in [0.15, 0.2) is 11.5 Å². The summed E-state index contributed by atoms with van der Waals surface area (Å²) in [5.41, 5.74) is 3.72. The highest BCUT2D eigenvalue weighted by Gasteiger charge is 2.04. The molecule has 0 aliphatic carbocycles. The number of hydrogen-bond donors (Lipinski definition) is 1. The van der Waals surface area contributed by atoms with Crippen LogP contribution in [0.25, 0.3) is 0 Å². The molecule has 6 heteroatoms. The van der Waals surface area contributed by atoms with Crippen LogP contribution in [-0.4, -0.2) is 31.3 Å². The molecule has 0 spiro atoms. The summed E-state index contributed by atoms with van der Waals surface area (Å²) in [5, 5.41) is 3.91. The molecule has 1 N–H and O–H groups in total. The third kappa shape index (κ3) is 3.79. The van der Waals surface area contributed by atoms with Gasteiger partial charge in [-0.1, -0.05) is 0 Å². The van der Waals surface area contributed by atoms with E-state index in [1.54, 1.807) is 50.9 Å². The van der Waals surface area contributed by atoms with Gasteiger partial charge in [0.2, 0.25) is 0 Å². The molecule has 0 fully saturated rings. The second-order valence-corrected chi connectivity index (χ2v) is 4.05. The van der Waals surface area contributed by atoms with Gasteiger partial charge in [0, 0.05) is 18.0 Å². The van der Waals surface area contributed by atoms with E-state index >= 15 is 0 Å². The Balaban J connectivity index is 2.03. The van der Waals surface area contributed by atoms with E-state index < -0.39 is 0 Å². The maximum absolute atomic E-state index is 11.8. The van der Waals surface area contributed by atoms with Crippen molar-refractivity contribution < 1.29 is 14.3 Å². The highest BCUT2D eigenvalue weighted by atomic mass is 16.5. The number of hydrazone groups is 1. The number of benzene rings is 1. The summed E-state index contributed by atoms with van der Waals surface area (Å²) in [7, 11) is 3.13. The third-order valence-electron chi connectivity index (χ3n) is 2.73. The van der Waals surface area contributed by atoms with Gasteiger partial charge in [-0.15, -0.1) is 0 Å². The van der Waals surface area contributed by atoms with Crippen LogP contribution >= 0.6 is 0 Å². The van der Waals surface area contributed by atoms with Gasteiger partial charge in [0.1, 0.15) is 0 Å². The summed E-state index contributed by atoms with van der Waals surface area (Å²) >= 11 is 0. The first kappa shape index (κ1) is 14.5. The van der Waals surface area contributed by atoms with Crippen LogP contribution in [0.15, 0.2) is 47.8 Å². The second-order valence-electron chi connectivity index (χ2n) is 4.05. The molecule has 1 aromatic carbocycles. The number of nitrogens with one attached hydrogen (secondary N) is 1. The van der Waals surface area contributed by atoms with Crippen molar-refractivity contribution in [1.29, 1.82) is 0 Å². The fraction of sp³-hybridized carbons (Fsp3) is 0.133. The minimum absolute atomic E-state index is 0.297. The average Bonchev–Trinajstić information content (AvgIpc) is 2.55. The van der Waals surface area contributed by atoms with Crippen LogP contribution in [0.5, 0.6) is 11.5 Å². The average molecular weight is 285 g/mol. The fourth-order valence-electron chi connectivity index (χ4n) is 1.67. The highest BCUT2D eigenvalue weighted by molar-refractivity contribution is 5.94. The molecule has 0 unspecified atom stereocenters. The number of pyridine rings is 1.